The van der Waals surface area contributed by atoms with E-state index in [0.717, 1.165) is 35.9 Å². The predicted octanol–water partition coefficient (Wildman–Crippen LogP) is 1.93. The van der Waals surface area contributed by atoms with Gasteiger partial charge in [-0.1, -0.05) is 6.42 Å². The van der Waals surface area contributed by atoms with Crippen LogP contribution in [0.3, 0.4) is 0 Å². The summed E-state index contributed by atoms with van der Waals surface area (Å²) in [6.45, 7) is 0.853. The van der Waals surface area contributed by atoms with Gasteiger partial charge in [0.1, 0.15) is 12.3 Å². The summed E-state index contributed by atoms with van der Waals surface area (Å²) in [5.41, 5.74) is 1.01. The highest BCUT2D eigenvalue weighted by molar-refractivity contribution is 5.84. The third kappa shape index (κ3) is 3.09. The number of nitrogens with one attached hydrogen (secondary N) is 1. The van der Waals surface area contributed by atoms with Crippen molar-refractivity contribution in [2.45, 2.75) is 31.9 Å². The third-order valence-corrected chi connectivity index (χ3v) is 4.47. The van der Waals surface area contributed by atoms with Gasteiger partial charge in [0.15, 0.2) is 0 Å². The summed E-state index contributed by atoms with van der Waals surface area (Å²) in [6, 6.07) is 7.79. The molecule has 0 aliphatic heterocycles. The second-order valence-corrected chi connectivity index (χ2v) is 5.93. The van der Waals surface area contributed by atoms with E-state index in [1.54, 1.807) is 7.11 Å². The highest BCUT2D eigenvalue weighted by Crippen LogP contribution is 2.25. The van der Waals surface area contributed by atoms with Gasteiger partial charge in [0.2, 0.25) is 5.91 Å². The minimum absolute atomic E-state index is 0.0209. The fourth-order valence-electron chi connectivity index (χ4n) is 3.15. The van der Waals surface area contributed by atoms with Gasteiger partial charge in [-0.15, -0.1) is 0 Å². The molecule has 2 atom stereocenters. The van der Waals surface area contributed by atoms with Crippen LogP contribution in [0.5, 0.6) is 5.75 Å². The molecule has 118 valence electrons. The van der Waals surface area contributed by atoms with Gasteiger partial charge in [0, 0.05) is 29.6 Å². The van der Waals surface area contributed by atoms with Crippen LogP contribution in [0.1, 0.15) is 19.3 Å². The van der Waals surface area contributed by atoms with Crippen molar-refractivity contribution < 1.29 is 14.6 Å². The average Bonchev–Trinajstić information content (AvgIpc) is 3.11. The Morgan fingerprint density at radius 3 is 3.00 bits per heavy atom. The van der Waals surface area contributed by atoms with Crippen LogP contribution in [0.2, 0.25) is 0 Å². The van der Waals surface area contributed by atoms with Crippen molar-refractivity contribution in [2.24, 2.45) is 5.92 Å². The Hall–Kier alpha value is -2.01. The van der Waals surface area contributed by atoms with Crippen molar-refractivity contribution >= 4 is 16.8 Å². The molecular weight excluding hydrogens is 280 g/mol. The van der Waals surface area contributed by atoms with Crippen molar-refractivity contribution in [1.82, 2.24) is 9.88 Å². The summed E-state index contributed by atoms with van der Waals surface area (Å²) in [5, 5.41) is 13.8. The van der Waals surface area contributed by atoms with Crippen LogP contribution in [0.15, 0.2) is 30.5 Å². The topological polar surface area (TPSA) is 63.5 Å². The second kappa shape index (κ2) is 6.40. The average molecular weight is 302 g/mol. The zero-order valence-corrected chi connectivity index (χ0v) is 12.8. The Morgan fingerprint density at radius 1 is 1.41 bits per heavy atom. The lowest BCUT2D eigenvalue weighted by atomic mass is 10.1. The molecule has 0 spiro atoms. The van der Waals surface area contributed by atoms with E-state index >= 15 is 0 Å². The van der Waals surface area contributed by atoms with E-state index in [2.05, 4.69) is 5.32 Å². The van der Waals surface area contributed by atoms with Gasteiger partial charge in [-0.2, -0.15) is 0 Å². The predicted molar refractivity (Wildman–Crippen MR) is 84.8 cm³/mol. The molecule has 2 aromatic rings. The quantitative estimate of drug-likeness (QED) is 0.887. The fraction of sp³-hybridized carbons (Fsp3) is 0.471. The lowest BCUT2D eigenvalue weighted by Gasteiger charge is -2.15. The SMILES string of the molecule is COc1ccc2c(ccn2CC(=O)NCC2CCCC2O)c1. The Bertz CT molecular complexity index is 665. The van der Waals surface area contributed by atoms with E-state index in [1.165, 1.54) is 0 Å². The first-order valence-corrected chi connectivity index (χ1v) is 7.75. The number of aliphatic hydroxyl groups excluding tert-OH is 1. The third-order valence-electron chi connectivity index (χ3n) is 4.47. The first-order valence-electron chi connectivity index (χ1n) is 7.75. The molecule has 1 heterocycles. The van der Waals surface area contributed by atoms with Crippen molar-refractivity contribution in [3.05, 3.63) is 30.5 Å². The molecule has 2 N–H and O–H groups in total. The van der Waals surface area contributed by atoms with Crippen molar-refractivity contribution in [2.75, 3.05) is 13.7 Å². The molecule has 1 aromatic carbocycles. The Morgan fingerprint density at radius 2 is 2.27 bits per heavy atom. The van der Waals surface area contributed by atoms with E-state index in [4.69, 9.17) is 4.74 Å². The number of hydrogen-bond donors (Lipinski definition) is 2. The van der Waals surface area contributed by atoms with Crippen LogP contribution >= 0.6 is 0 Å². The number of hydrogen-bond acceptors (Lipinski definition) is 3. The molecule has 1 saturated carbocycles. The minimum Gasteiger partial charge on any atom is -0.497 e. The molecule has 22 heavy (non-hydrogen) atoms. The first kappa shape index (κ1) is 14.9. The highest BCUT2D eigenvalue weighted by Gasteiger charge is 2.25. The number of aliphatic hydroxyl groups is 1. The minimum atomic E-state index is -0.264. The fourth-order valence-corrected chi connectivity index (χ4v) is 3.15. The van der Waals surface area contributed by atoms with Gasteiger partial charge >= 0.3 is 0 Å². The van der Waals surface area contributed by atoms with Crippen LogP contribution in [0.25, 0.3) is 10.9 Å². The lowest BCUT2D eigenvalue weighted by Crippen LogP contribution is -2.34. The maximum atomic E-state index is 12.1. The normalized spacial score (nSPS) is 21.2. The van der Waals surface area contributed by atoms with E-state index in [1.807, 2.05) is 35.0 Å². The number of fused-ring (bicyclic) bond motifs is 1. The largest absolute Gasteiger partial charge is 0.497 e. The van der Waals surface area contributed by atoms with Crippen LogP contribution in [0.4, 0.5) is 0 Å². The Balaban J connectivity index is 1.61. The molecule has 1 aliphatic carbocycles. The summed E-state index contributed by atoms with van der Waals surface area (Å²) in [5.74, 6) is 0.993. The molecule has 5 heteroatoms. The standard InChI is InChI=1S/C17H22N2O3/c1-22-14-5-6-15-12(9-14)7-8-19(15)11-17(21)18-10-13-3-2-4-16(13)20/h5-9,13,16,20H,2-4,10-11H2,1H3,(H,18,21). The number of methoxy groups -OCH3 is 1. The number of carbonyl (C=O) groups is 1. The monoisotopic (exact) mass is 302 g/mol. The molecule has 3 rings (SSSR count). The lowest BCUT2D eigenvalue weighted by molar-refractivity contribution is -0.121. The zero-order valence-electron chi connectivity index (χ0n) is 12.8. The molecule has 0 bridgehead atoms. The molecule has 2 unspecified atom stereocenters. The molecule has 1 aliphatic rings. The second-order valence-electron chi connectivity index (χ2n) is 5.93. The number of carbonyl (C=O) groups excluding carboxylic acids is 1. The van der Waals surface area contributed by atoms with Crippen LogP contribution in [0, 0.1) is 5.92 Å². The van der Waals surface area contributed by atoms with Crippen molar-refractivity contribution in [1.29, 1.82) is 0 Å². The maximum Gasteiger partial charge on any atom is 0.239 e. The van der Waals surface area contributed by atoms with Crippen LogP contribution < -0.4 is 10.1 Å². The van der Waals surface area contributed by atoms with Gasteiger partial charge in [0.25, 0.3) is 0 Å². The molecule has 1 amide bonds. The number of ether oxygens (including phenoxy) is 1. The number of rotatable bonds is 5. The van der Waals surface area contributed by atoms with E-state index in [9.17, 15) is 9.90 Å². The molecular formula is C17H22N2O3. The summed E-state index contributed by atoms with van der Waals surface area (Å²) < 4.78 is 7.13. The molecule has 1 aromatic heterocycles. The summed E-state index contributed by atoms with van der Waals surface area (Å²) in [4.78, 5) is 12.1. The van der Waals surface area contributed by atoms with Crippen LogP contribution in [-0.2, 0) is 11.3 Å². The number of benzene rings is 1. The van der Waals surface area contributed by atoms with Gasteiger partial charge in [0.05, 0.1) is 13.2 Å². The van der Waals surface area contributed by atoms with Gasteiger partial charge < -0.3 is 19.7 Å². The summed E-state index contributed by atoms with van der Waals surface area (Å²) in [7, 11) is 1.64. The summed E-state index contributed by atoms with van der Waals surface area (Å²) >= 11 is 0. The van der Waals surface area contributed by atoms with Crippen molar-refractivity contribution in [3.8, 4) is 5.75 Å². The number of amides is 1. The van der Waals surface area contributed by atoms with Crippen LogP contribution in [-0.4, -0.2) is 35.3 Å². The summed E-state index contributed by atoms with van der Waals surface area (Å²) in [6.07, 6.45) is 4.54. The highest BCUT2D eigenvalue weighted by atomic mass is 16.5. The molecule has 0 saturated heterocycles. The first-order chi connectivity index (χ1) is 10.7. The molecule has 1 fully saturated rings. The van der Waals surface area contributed by atoms with Gasteiger partial charge in [-0.25, -0.2) is 0 Å². The number of nitrogens with zero attached hydrogens (tertiary/aromatic N) is 1. The molecule has 0 radical (unpaired) electrons. The zero-order chi connectivity index (χ0) is 15.5. The van der Waals surface area contributed by atoms with E-state index in [-0.39, 0.29) is 17.9 Å². The van der Waals surface area contributed by atoms with Gasteiger partial charge in [-0.05, 0) is 37.1 Å². The smallest absolute Gasteiger partial charge is 0.239 e. The number of aromatic nitrogens is 1. The van der Waals surface area contributed by atoms with Gasteiger partial charge in [-0.3, -0.25) is 4.79 Å². The Labute approximate surface area is 129 Å². The van der Waals surface area contributed by atoms with E-state index in [0.29, 0.717) is 13.1 Å². The Kier molecular flexibility index (Phi) is 4.34. The molecule has 5 nitrogen and oxygen atoms in total. The van der Waals surface area contributed by atoms with Crippen molar-refractivity contribution in [3.63, 3.8) is 0 Å². The van der Waals surface area contributed by atoms with E-state index < -0.39 is 0 Å². The maximum absolute atomic E-state index is 12.1.